The normalized spacial score (nSPS) is 11.6. The summed E-state index contributed by atoms with van der Waals surface area (Å²) in [5, 5.41) is 4.62. The van der Waals surface area contributed by atoms with Crippen molar-refractivity contribution in [1.82, 2.24) is 5.16 Å². The molecule has 3 aromatic carbocycles. The van der Waals surface area contributed by atoms with Crippen LogP contribution in [0.25, 0.3) is 11.3 Å². The van der Waals surface area contributed by atoms with E-state index in [4.69, 9.17) is 30.3 Å². The Morgan fingerprint density at radius 3 is 2.41 bits per heavy atom. The Kier molecular flexibility index (Phi) is 9.39. The summed E-state index contributed by atoms with van der Waals surface area (Å²) in [5.74, 6) is 0.453. The number of esters is 2. The van der Waals surface area contributed by atoms with Gasteiger partial charge in [0.2, 0.25) is 0 Å². The zero-order valence-electron chi connectivity index (χ0n) is 22.1. The molecule has 4 aromatic rings. The second-order valence-electron chi connectivity index (χ2n) is 8.98. The average Bonchev–Trinajstić information content (AvgIpc) is 3.28. The van der Waals surface area contributed by atoms with Gasteiger partial charge in [-0.3, -0.25) is 9.59 Å². The van der Waals surface area contributed by atoms with Gasteiger partial charge in [-0.05, 0) is 38.5 Å². The Balaban J connectivity index is 1.41. The molecule has 0 spiro atoms. The number of para-hydroxylation sites is 1. The molecule has 1 heterocycles. The Bertz CT molecular complexity index is 1430. The van der Waals surface area contributed by atoms with Crippen LogP contribution in [0, 0.1) is 6.92 Å². The van der Waals surface area contributed by atoms with Crippen molar-refractivity contribution in [3.05, 3.63) is 106 Å². The predicted octanol–water partition coefficient (Wildman–Crippen LogP) is 6.83. The monoisotopic (exact) mass is 547 g/mol. The lowest BCUT2D eigenvalue weighted by molar-refractivity contribution is -0.147. The molecule has 0 radical (unpaired) electrons. The number of carbonyl (C=O) groups excluding carboxylic acids is 2. The van der Waals surface area contributed by atoms with Crippen LogP contribution in [0.1, 0.15) is 47.9 Å². The number of nitrogens with zero attached hydrogens (tertiary/aromatic N) is 1. The van der Waals surface area contributed by atoms with Gasteiger partial charge >= 0.3 is 11.9 Å². The van der Waals surface area contributed by atoms with E-state index in [0.717, 1.165) is 22.3 Å². The van der Waals surface area contributed by atoms with E-state index >= 15 is 0 Å². The molecule has 0 aliphatic rings. The first-order chi connectivity index (χ1) is 18.9. The highest BCUT2D eigenvalue weighted by atomic mass is 35.5. The number of aromatic nitrogens is 1. The first-order valence-corrected chi connectivity index (χ1v) is 13.1. The van der Waals surface area contributed by atoms with Crippen molar-refractivity contribution in [3.8, 4) is 17.1 Å². The van der Waals surface area contributed by atoms with Gasteiger partial charge in [-0.25, -0.2) is 0 Å². The van der Waals surface area contributed by atoms with Gasteiger partial charge in [0, 0.05) is 27.3 Å². The number of aryl methyl sites for hydroxylation is 1. The number of hydrogen-bond donors (Lipinski definition) is 0. The molecule has 4 rings (SSSR count). The van der Waals surface area contributed by atoms with Crippen molar-refractivity contribution in [2.75, 3.05) is 6.61 Å². The lowest BCUT2D eigenvalue weighted by Crippen LogP contribution is -2.12. The van der Waals surface area contributed by atoms with Crippen molar-refractivity contribution >= 4 is 23.5 Å². The van der Waals surface area contributed by atoms with E-state index in [1.807, 2.05) is 66.7 Å². The van der Waals surface area contributed by atoms with Crippen molar-refractivity contribution in [3.63, 3.8) is 0 Å². The summed E-state index contributed by atoms with van der Waals surface area (Å²) in [5.41, 5.74) is 4.52. The van der Waals surface area contributed by atoms with E-state index in [9.17, 15) is 9.59 Å². The van der Waals surface area contributed by atoms with Gasteiger partial charge in [-0.15, -0.1) is 0 Å². The summed E-state index contributed by atoms with van der Waals surface area (Å²) in [6.07, 6.45) is -0.325. The maximum Gasteiger partial charge on any atom is 0.311 e. The Labute approximate surface area is 232 Å². The highest BCUT2D eigenvalue weighted by Gasteiger charge is 2.21. The third kappa shape index (κ3) is 7.27. The molecule has 202 valence electrons. The molecule has 7 nitrogen and oxygen atoms in total. The molecule has 0 aliphatic carbocycles. The van der Waals surface area contributed by atoms with Crippen molar-refractivity contribution in [2.45, 2.75) is 46.3 Å². The van der Waals surface area contributed by atoms with Crippen LogP contribution in [0.4, 0.5) is 0 Å². The van der Waals surface area contributed by atoms with Gasteiger partial charge in [0.05, 0.1) is 25.1 Å². The number of ether oxygens (including phenoxy) is 3. The number of hydrogen-bond acceptors (Lipinski definition) is 7. The fourth-order valence-electron chi connectivity index (χ4n) is 4.15. The lowest BCUT2D eigenvalue weighted by atomic mass is 10.0. The van der Waals surface area contributed by atoms with Gasteiger partial charge in [0.15, 0.2) is 5.76 Å². The average molecular weight is 548 g/mol. The highest BCUT2D eigenvalue weighted by Crippen LogP contribution is 2.30. The van der Waals surface area contributed by atoms with Gasteiger partial charge in [0.25, 0.3) is 0 Å². The van der Waals surface area contributed by atoms with Crippen molar-refractivity contribution < 1.29 is 28.3 Å². The van der Waals surface area contributed by atoms with Crippen LogP contribution in [0.3, 0.4) is 0 Å². The first kappa shape index (κ1) is 27.9. The number of rotatable bonds is 11. The molecule has 0 N–H and O–H groups in total. The van der Waals surface area contributed by atoms with E-state index < -0.39 is 12.1 Å². The maximum absolute atomic E-state index is 12.8. The summed E-state index contributed by atoms with van der Waals surface area (Å²) in [6.45, 7) is 6.01. The zero-order valence-corrected chi connectivity index (χ0v) is 22.9. The van der Waals surface area contributed by atoms with E-state index in [-0.39, 0.29) is 18.8 Å². The van der Waals surface area contributed by atoms with Crippen LogP contribution in [-0.4, -0.2) is 23.7 Å². The van der Waals surface area contributed by atoms with Crippen LogP contribution in [0.5, 0.6) is 5.75 Å². The summed E-state index contributed by atoms with van der Waals surface area (Å²) in [6, 6.07) is 22.3. The minimum absolute atomic E-state index is 0.0154. The molecular weight excluding hydrogens is 518 g/mol. The number of carbonyl (C=O) groups is 2. The largest absolute Gasteiger partial charge is 0.489 e. The van der Waals surface area contributed by atoms with Crippen LogP contribution >= 0.6 is 11.6 Å². The van der Waals surface area contributed by atoms with Crippen LogP contribution in [0.2, 0.25) is 5.02 Å². The van der Waals surface area contributed by atoms with Gasteiger partial charge < -0.3 is 18.7 Å². The molecule has 0 fully saturated rings. The predicted molar refractivity (Wildman–Crippen MR) is 147 cm³/mol. The molecule has 0 saturated heterocycles. The Hall–Kier alpha value is -4.10. The lowest BCUT2D eigenvalue weighted by Gasteiger charge is -2.15. The summed E-state index contributed by atoms with van der Waals surface area (Å²) >= 11 is 6.24. The molecule has 0 aliphatic heterocycles. The fraction of sp³-hybridized carbons (Fsp3) is 0.258. The highest BCUT2D eigenvalue weighted by molar-refractivity contribution is 6.31. The second-order valence-corrected chi connectivity index (χ2v) is 9.39. The second kappa shape index (κ2) is 13.1. The number of benzene rings is 3. The smallest absolute Gasteiger partial charge is 0.311 e. The third-order valence-corrected chi connectivity index (χ3v) is 6.52. The quantitative estimate of drug-likeness (QED) is 0.190. The summed E-state index contributed by atoms with van der Waals surface area (Å²) < 4.78 is 22.3. The van der Waals surface area contributed by atoms with Gasteiger partial charge in [-0.2, -0.15) is 0 Å². The Morgan fingerprint density at radius 2 is 1.67 bits per heavy atom. The van der Waals surface area contributed by atoms with E-state index in [2.05, 4.69) is 5.16 Å². The van der Waals surface area contributed by atoms with Crippen LogP contribution < -0.4 is 4.74 Å². The molecule has 0 unspecified atom stereocenters. The molecule has 39 heavy (non-hydrogen) atoms. The molecule has 0 saturated carbocycles. The molecular formula is C31H30ClNO6. The third-order valence-electron chi connectivity index (χ3n) is 6.18. The fourth-order valence-corrected chi connectivity index (χ4v) is 4.44. The minimum atomic E-state index is -0.489. The van der Waals surface area contributed by atoms with Crippen molar-refractivity contribution in [1.29, 1.82) is 0 Å². The van der Waals surface area contributed by atoms with Crippen LogP contribution in [-0.2, 0) is 38.5 Å². The SMILES string of the molecule is CCOC(=O)Cc1ccccc1OCc1ccc(-c2onc(C)c2CC(=O)O[C@H](C)c2ccccc2Cl)cc1. The van der Waals surface area contributed by atoms with Gasteiger partial charge in [0.1, 0.15) is 18.5 Å². The minimum Gasteiger partial charge on any atom is -0.489 e. The summed E-state index contributed by atoms with van der Waals surface area (Å²) in [4.78, 5) is 24.7. The van der Waals surface area contributed by atoms with E-state index in [1.54, 1.807) is 26.8 Å². The molecule has 1 aromatic heterocycles. The van der Waals surface area contributed by atoms with Gasteiger partial charge in [-0.1, -0.05) is 77.4 Å². The zero-order chi connectivity index (χ0) is 27.8. The van der Waals surface area contributed by atoms with Crippen molar-refractivity contribution in [2.24, 2.45) is 0 Å². The Morgan fingerprint density at radius 1 is 0.949 bits per heavy atom. The molecule has 0 bridgehead atoms. The number of halogens is 1. The molecule has 1 atom stereocenters. The maximum atomic E-state index is 12.8. The topological polar surface area (TPSA) is 87.9 Å². The van der Waals surface area contributed by atoms with E-state index in [1.165, 1.54) is 0 Å². The first-order valence-electron chi connectivity index (χ1n) is 12.7. The summed E-state index contributed by atoms with van der Waals surface area (Å²) in [7, 11) is 0. The molecule has 0 amide bonds. The molecule has 8 heteroatoms. The van der Waals surface area contributed by atoms with Crippen LogP contribution in [0.15, 0.2) is 77.3 Å². The standard InChI is InChI=1S/C31H30ClNO6/c1-4-36-29(34)17-24-9-5-8-12-28(24)37-19-22-13-15-23(16-14-22)31-26(20(2)33-39-31)18-30(35)38-21(3)25-10-6-7-11-27(25)32/h5-16,21H,4,17-19H2,1-3H3/t21-/m1/s1. The van der Waals surface area contributed by atoms with E-state index in [0.29, 0.717) is 41.0 Å².